The molecule has 2 rings (SSSR count). The molecule has 0 aromatic carbocycles. The van der Waals surface area contributed by atoms with Crippen LogP contribution in [0.4, 0.5) is 5.82 Å². The van der Waals surface area contributed by atoms with Crippen molar-refractivity contribution >= 4 is 17.2 Å². The molecule has 1 N–H and O–H groups in total. The number of hydrogen-bond acceptors (Lipinski definition) is 5. The molecule has 0 atom stereocenters. The number of aromatic nitrogens is 2. The van der Waals surface area contributed by atoms with E-state index in [1.807, 2.05) is 12.4 Å². The van der Waals surface area contributed by atoms with Crippen LogP contribution in [0.1, 0.15) is 31.3 Å². The van der Waals surface area contributed by atoms with Crippen LogP contribution in [0.25, 0.3) is 0 Å². The topological polar surface area (TPSA) is 41.1 Å². The second kappa shape index (κ2) is 7.36. The molecule has 2 heterocycles. The van der Waals surface area contributed by atoms with E-state index in [9.17, 15) is 0 Å². The maximum Gasteiger partial charge on any atom is 0.147 e. The minimum Gasteiger partial charge on any atom is -0.350 e. The van der Waals surface area contributed by atoms with Gasteiger partial charge in [0.2, 0.25) is 0 Å². The number of nitrogens with zero attached hydrogens (tertiary/aromatic N) is 3. The minimum atomic E-state index is 0.453. The molecular weight excluding hydrogens is 268 g/mol. The summed E-state index contributed by atoms with van der Waals surface area (Å²) >= 11 is 1.78. The van der Waals surface area contributed by atoms with Crippen LogP contribution < -0.4 is 10.2 Å². The molecular formula is C15H22N4S. The monoisotopic (exact) mass is 290 g/mol. The van der Waals surface area contributed by atoms with Crippen molar-refractivity contribution in [2.45, 2.75) is 39.9 Å². The molecule has 0 saturated heterocycles. The van der Waals surface area contributed by atoms with Crippen LogP contribution in [0.5, 0.6) is 0 Å². The maximum absolute atomic E-state index is 4.70. The zero-order valence-corrected chi connectivity index (χ0v) is 13.2. The molecule has 0 aliphatic rings. The van der Waals surface area contributed by atoms with E-state index in [1.54, 1.807) is 11.3 Å². The second-order valence-corrected chi connectivity index (χ2v) is 6.03. The minimum absolute atomic E-state index is 0.453. The number of nitrogens with one attached hydrogen (secondary N) is 1. The predicted molar refractivity (Wildman–Crippen MR) is 85.1 cm³/mol. The largest absolute Gasteiger partial charge is 0.350 e. The van der Waals surface area contributed by atoms with Crippen LogP contribution in [0, 0.1) is 0 Å². The SMILES string of the molecule is CCN(Cc1cccs1)c1cncc(CNC(C)C)n1. The van der Waals surface area contributed by atoms with Crippen molar-refractivity contribution in [3.05, 3.63) is 40.5 Å². The Bertz CT molecular complexity index is 510. The van der Waals surface area contributed by atoms with Crippen molar-refractivity contribution in [3.63, 3.8) is 0 Å². The van der Waals surface area contributed by atoms with Gasteiger partial charge in [0.25, 0.3) is 0 Å². The molecule has 2 aromatic heterocycles. The van der Waals surface area contributed by atoms with Gasteiger partial charge in [-0.25, -0.2) is 4.98 Å². The number of rotatable bonds is 7. The molecule has 20 heavy (non-hydrogen) atoms. The molecule has 0 bridgehead atoms. The van der Waals surface area contributed by atoms with E-state index < -0.39 is 0 Å². The van der Waals surface area contributed by atoms with Gasteiger partial charge in [0.05, 0.1) is 18.4 Å². The smallest absolute Gasteiger partial charge is 0.147 e. The first kappa shape index (κ1) is 14.9. The summed E-state index contributed by atoms with van der Waals surface area (Å²) in [6.07, 6.45) is 3.67. The highest BCUT2D eigenvalue weighted by atomic mass is 32.1. The summed E-state index contributed by atoms with van der Waals surface area (Å²) in [5.74, 6) is 0.948. The molecule has 0 aliphatic carbocycles. The third-order valence-corrected chi connectivity index (χ3v) is 3.86. The normalized spacial score (nSPS) is 11.0. The lowest BCUT2D eigenvalue weighted by Crippen LogP contribution is -2.25. The van der Waals surface area contributed by atoms with Gasteiger partial charge in [0.1, 0.15) is 5.82 Å². The lowest BCUT2D eigenvalue weighted by molar-refractivity contribution is 0.579. The number of thiophene rings is 1. The van der Waals surface area contributed by atoms with E-state index in [1.165, 1.54) is 4.88 Å². The molecule has 0 aliphatic heterocycles. The van der Waals surface area contributed by atoms with Crippen LogP contribution in [0.2, 0.25) is 0 Å². The summed E-state index contributed by atoms with van der Waals surface area (Å²) in [6, 6.07) is 4.70. The molecule has 0 radical (unpaired) electrons. The van der Waals surface area contributed by atoms with Crippen LogP contribution in [-0.2, 0) is 13.1 Å². The first-order valence-electron chi connectivity index (χ1n) is 7.00. The quantitative estimate of drug-likeness (QED) is 0.851. The molecule has 2 aromatic rings. The fraction of sp³-hybridized carbons (Fsp3) is 0.467. The Morgan fingerprint density at radius 3 is 2.85 bits per heavy atom. The third-order valence-electron chi connectivity index (χ3n) is 3.00. The van der Waals surface area contributed by atoms with Gasteiger partial charge in [0.15, 0.2) is 0 Å². The van der Waals surface area contributed by atoms with E-state index in [4.69, 9.17) is 4.98 Å². The summed E-state index contributed by atoms with van der Waals surface area (Å²) in [5, 5.41) is 5.48. The van der Waals surface area contributed by atoms with E-state index in [0.29, 0.717) is 6.04 Å². The summed E-state index contributed by atoms with van der Waals surface area (Å²) in [5.41, 5.74) is 0.987. The summed E-state index contributed by atoms with van der Waals surface area (Å²) in [7, 11) is 0. The number of anilines is 1. The summed E-state index contributed by atoms with van der Waals surface area (Å²) in [4.78, 5) is 12.6. The van der Waals surface area contributed by atoms with Gasteiger partial charge < -0.3 is 10.2 Å². The summed E-state index contributed by atoms with van der Waals surface area (Å²) in [6.45, 7) is 8.99. The maximum atomic E-state index is 4.70. The van der Waals surface area contributed by atoms with Gasteiger partial charge in [-0.05, 0) is 18.4 Å². The van der Waals surface area contributed by atoms with E-state index in [-0.39, 0.29) is 0 Å². The van der Waals surface area contributed by atoms with Gasteiger partial charge in [-0.3, -0.25) is 4.98 Å². The van der Waals surface area contributed by atoms with Gasteiger partial charge in [-0.2, -0.15) is 0 Å². The van der Waals surface area contributed by atoms with E-state index in [2.05, 4.69) is 53.5 Å². The molecule has 0 fully saturated rings. The standard InChI is InChI=1S/C15H22N4S/c1-4-19(11-14-6-5-7-20-14)15-10-16-8-13(18-15)9-17-12(2)3/h5-8,10,12,17H,4,9,11H2,1-3H3. The molecule has 5 heteroatoms. The van der Waals surface area contributed by atoms with Crippen molar-refractivity contribution < 1.29 is 0 Å². The van der Waals surface area contributed by atoms with Crippen LogP contribution in [-0.4, -0.2) is 22.6 Å². The molecule has 0 amide bonds. The number of hydrogen-bond donors (Lipinski definition) is 1. The third kappa shape index (κ3) is 4.28. The fourth-order valence-corrected chi connectivity index (χ4v) is 2.61. The van der Waals surface area contributed by atoms with Crippen molar-refractivity contribution in [2.24, 2.45) is 0 Å². The molecule has 0 spiro atoms. The molecule has 0 unspecified atom stereocenters. The van der Waals surface area contributed by atoms with Crippen molar-refractivity contribution in [2.75, 3.05) is 11.4 Å². The first-order valence-corrected chi connectivity index (χ1v) is 7.88. The predicted octanol–water partition coefficient (Wildman–Crippen LogP) is 3.06. The lowest BCUT2D eigenvalue weighted by Gasteiger charge is -2.21. The Morgan fingerprint density at radius 1 is 1.35 bits per heavy atom. The highest BCUT2D eigenvalue weighted by Gasteiger charge is 2.09. The van der Waals surface area contributed by atoms with Crippen molar-refractivity contribution in [1.29, 1.82) is 0 Å². The van der Waals surface area contributed by atoms with Gasteiger partial charge in [-0.15, -0.1) is 11.3 Å². The van der Waals surface area contributed by atoms with Gasteiger partial charge in [-0.1, -0.05) is 19.9 Å². The first-order chi connectivity index (χ1) is 9.69. The van der Waals surface area contributed by atoms with Crippen LogP contribution in [0.3, 0.4) is 0 Å². The van der Waals surface area contributed by atoms with Gasteiger partial charge in [0, 0.05) is 30.2 Å². The zero-order valence-electron chi connectivity index (χ0n) is 12.3. The summed E-state index contributed by atoms with van der Waals surface area (Å²) < 4.78 is 0. The molecule has 0 saturated carbocycles. The molecule has 4 nitrogen and oxygen atoms in total. The van der Waals surface area contributed by atoms with E-state index >= 15 is 0 Å². The second-order valence-electron chi connectivity index (χ2n) is 5.00. The highest BCUT2D eigenvalue weighted by Crippen LogP contribution is 2.17. The van der Waals surface area contributed by atoms with E-state index in [0.717, 1.165) is 31.1 Å². The average molecular weight is 290 g/mol. The Balaban J connectivity index is 2.07. The van der Waals surface area contributed by atoms with Crippen LogP contribution in [0.15, 0.2) is 29.9 Å². The zero-order chi connectivity index (χ0) is 14.4. The Labute approximate surface area is 124 Å². The van der Waals surface area contributed by atoms with Crippen molar-refractivity contribution in [3.8, 4) is 0 Å². The highest BCUT2D eigenvalue weighted by molar-refractivity contribution is 7.09. The average Bonchev–Trinajstić information content (AvgIpc) is 2.96. The Morgan fingerprint density at radius 2 is 2.20 bits per heavy atom. The Kier molecular flexibility index (Phi) is 5.49. The molecule has 108 valence electrons. The van der Waals surface area contributed by atoms with Gasteiger partial charge >= 0.3 is 0 Å². The lowest BCUT2D eigenvalue weighted by atomic mass is 10.3. The fourth-order valence-electron chi connectivity index (χ4n) is 1.89. The van der Waals surface area contributed by atoms with Crippen molar-refractivity contribution in [1.82, 2.24) is 15.3 Å². The Hall–Kier alpha value is -1.46. The van der Waals surface area contributed by atoms with Crippen LogP contribution >= 0.6 is 11.3 Å².